The van der Waals surface area contributed by atoms with Crippen LogP contribution in [0.4, 0.5) is 0 Å². The standard InChI is InChI=1S/C15H22N6O.HI/c1-4-16-15(18-10-14-19-11-20-21(14)2)17-9-12-7-5-6-8-13(12)22-3;/h5-8,11H,4,9-10H2,1-3H3,(H2,16,17,18);1H. The first-order chi connectivity index (χ1) is 10.7. The van der Waals surface area contributed by atoms with Gasteiger partial charge in [-0.1, -0.05) is 18.2 Å². The molecule has 0 spiro atoms. The van der Waals surface area contributed by atoms with Crippen LogP contribution in [0, 0.1) is 0 Å². The van der Waals surface area contributed by atoms with Gasteiger partial charge in [-0.05, 0) is 13.0 Å². The van der Waals surface area contributed by atoms with E-state index >= 15 is 0 Å². The molecular formula is C15H23IN6O. The van der Waals surface area contributed by atoms with E-state index in [2.05, 4.69) is 25.7 Å². The third-order valence-corrected chi connectivity index (χ3v) is 3.16. The summed E-state index contributed by atoms with van der Waals surface area (Å²) in [6.07, 6.45) is 1.54. The van der Waals surface area contributed by atoms with Gasteiger partial charge in [-0.15, -0.1) is 24.0 Å². The summed E-state index contributed by atoms with van der Waals surface area (Å²) >= 11 is 0. The lowest BCUT2D eigenvalue weighted by molar-refractivity contribution is 0.410. The Kier molecular flexibility index (Phi) is 8.38. The third kappa shape index (κ3) is 5.70. The number of hydrogen-bond donors (Lipinski definition) is 2. The summed E-state index contributed by atoms with van der Waals surface area (Å²) in [5.74, 6) is 2.43. The van der Waals surface area contributed by atoms with Crippen molar-refractivity contribution in [2.75, 3.05) is 13.7 Å². The lowest BCUT2D eigenvalue weighted by Gasteiger charge is -2.11. The molecule has 0 aliphatic carbocycles. The minimum atomic E-state index is 0. The fraction of sp³-hybridized carbons (Fsp3) is 0.400. The maximum absolute atomic E-state index is 5.34. The lowest BCUT2D eigenvalue weighted by atomic mass is 10.2. The minimum Gasteiger partial charge on any atom is -0.496 e. The number of nitrogens with zero attached hydrogens (tertiary/aromatic N) is 4. The number of para-hydroxylation sites is 1. The van der Waals surface area contributed by atoms with Crippen LogP contribution in [0.2, 0.25) is 0 Å². The van der Waals surface area contributed by atoms with Crippen molar-refractivity contribution in [2.24, 2.45) is 12.0 Å². The summed E-state index contributed by atoms with van der Waals surface area (Å²) < 4.78 is 7.07. The molecule has 1 heterocycles. The number of nitrogens with one attached hydrogen (secondary N) is 2. The van der Waals surface area contributed by atoms with Gasteiger partial charge in [-0.2, -0.15) is 5.10 Å². The van der Waals surface area contributed by atoms with Crippen LogP contribution in [0.1, 0.15) is 18.3 Å². The van der Waals surface area contributed by atoms with Gasteiger partial charge in [0.25, 0.3) is 0 Å². The number of aliphatic imine (C=N–C) groups is 1. The summed E-state index contributed by atoms with van der Waals surface area (Å²) in [7, 11) is 3.53. The van der Waals surface area contributed by atoms with E-state index in [9.17, 15) is 0 Å². The Morgan fingerprint density at radius 3 is 2.74 bits per heavy atom. The molecule has 0 bridgehead atoms. The number of hydrogen-bond acceptors (Lipinski definition) is 4. The van der Waals surface area contributed by atoms with Crippen LogP contribution in [0.5, 0.6) is 5.75 Å². The van der Waals surface area contributed by atoms with Gasteiger partial charge in [0.15, 0.2) is 5.96 Å². The lowest BCUT2D eigenvalue weighted by Crippen LogP contribution is -2.37. The fourth-order valence-electron chi connectivity index (χ4n) is 1.98. The van der Waals surface area contributed by atoms with Gasteiger partial charge in [-0.25, -0.2) is 9.98 Å². The first-order valence-corrected chi connectivity index (χ1v) is 7.21. The zero-order valence-electron chi connectivity index (χ0n) is 13.6. The molecule has 0 saturated carbocycles. The molecule has 1 aromatic carbocycles. The molecule has 0 atom stereocenters. The van der Waals surface area contributed by atoms with E-state index in [1.165, 1.54) is 6.33 Å². The number of rotatable bonds is 6. The van der Waals surface area contributed by atoms with Crippen LogP contribution in [0.3, 0.4) is 0 Å². The summed E-state index contributed by atoms with van der Waals surface area (Å²) in [5, 5.41) is 10.5. The second-order valence-corrected chi connectivity index (χ2v) is 4.66. The molecule has 0 saturated heterocycles. The smallest absolute Gasteiger partial charge is 0.191 e. The summed E-state index contributed by atoms with van der Waals surface area (Å²) in [6, 6.07) is 7.87. The van der Waals surface area contributed by atoms with Crippen molar-refractivity contribution >= 4 is 29.9 Å². The highest BCUT2D eigenvalue weighted by Crippen LogP contribution is 2.17. The molecular weight excluding hydrogens is 407 g/mol. The van der Waals surface area contributed by atoms with E-state index in [1.807, 2.05) is 38.2 Å². The molecule has 0 amide bonds. The molecule has 0 aliphatic heterocycles. The van der Waals surface area contributed by atoms with Crippen LogP contribution in [0.25, 0.3) is 0 Å². The van der Waals surface area contributed by atoms with E-state index in [1.54, 1.807) is 11.8 Å². The summed E-state index contributed by atoms with van der Waals surface area (Å²) in [5.41, 5.74) is 1.04. The molecule has 126 valence electrons. The molecule has 0 radical (unpaired) electrons. The van der Waals surface area contributed by atoms with Gasteiger partial charge >= 0.3 is 0 Å². The quantitative estimate of drug-likeness (QED) is 0.415. The predicted octanol–water partition coefficient (Wildman–Crippen LogP) is 1.70. The largest absolute Gasteiger partial charge is 0.496 e. The van der Waals surface area contributed by atoms with Crippen LogP contribution in [-0.2, 0) is 20.1 Å². The maximum atomic E-state index is 5.34. The molecule has 7 nitrogen and oxygen atoms in total. The van der Waals surface area contributed by atoms with E-state index in [0.717, 1.165) is 29.6 Å². The van der Waals surface area contributed by atoms with Gasteiger partial charge in [0, 0.05) is 19.2 Å². The Morgan fingerprint density at radius 2 is 2.09 bits per heavy atom. The Bertz CT molecular complexity index is 628. The fourth-order valence-corrected chi connectivity index (χ4v) is 1.98. The van der Waals surface area contributed by atoms with Gasteiger partial charge < -0.3 is 15.4 Å². The number of guanidine groups is 1. The number of aromatic nitrogens is 3. The zero-order chi connectivity index (χ0) is 15.8. The second-order valence-electron chi connectivity index (χ2n) is 4.66. The van der Waals surface area contributed by atoms with E-state index < -0.39 is 0 Å². The number of methoxy groups -OCH3 is 1. The maximum Gasteiger partial charge on any atom is 0.191 e. The average molecular weight is 430 g/mol. The Labute approximate surface area is 153 Å². The Morgan fingerprint density at radius 1 is 1.30 bits per heavy atom. The Hall–Kier alpha value is -1.84. The van der Waals surface area contributed by atoms with Crippen LogP contribution >= 0.6 is 24.0 Å². The van der Waals surface area contributed by atoms with Crippen molar-refractivity contribution in [1.82, 2.24) is 25.4 Å². The number of halogens is 1. The van der Waals surface area contributed by atoms with Crippen molar-refractivity contribution in [2.45, 2.75) is 20.0 Å². The highest BCUT2D eigenvalue weighted by Gasteiger charge is 2.04. The highest BCUT2D eigenvalue weighted by molar-refractivity contribution is 14.0. The van der Waals surface area contributed by atoms with Gasteiger partial charge in [0.2, 0.25) is 0 Å². The topological polar surface area (TPSA) is 76.4 Å². The first kappa shape index (κ1) is 19.2. The Balaban J connectivity index is 0.00000264. The molecule has 8 heteroatoms. The van der Waals surface area contributed by atoms with Gasteiger partial charge in [-0.3, -0.25) is 4.68 Å². The van der Waals surface area contributed by atoms with E-state index in [4.69, 9.17) is 4.74 Å². The van der Waals surface area contributed by atoms with Crippen molar-refractivity contribution in [3.63, 3.8) is 0 Å². The van der Waals surface area contributed by atoms with Gasteiger partial charge in [0.1, 0.15) is 17.9 Å². The highest BCUT2D eigenvalue weighted by atomic mass is 127. The SMILES string of the molecule is CCNC(=NCc1ccccc1OC)NCc1ncnn1C.I. The average Bonchev–Trinajstić information content (AvgIpc) is 2.95. The molecule has 0 fully saturated rings. The van der Waals surface area contributed by atoms with Crippen molar-refractivity contribution in [3.05, 3.63) is 42.0 Å². The number of aryl methyl sites for hydroxylation is 1. The van der Waals surface area contributed by atoms with E-state index in [0.29, 0.717) is 13.1 Å². The number of ether oxygens (including phenoxy) is 1. The molecule has 2 rings (SSSR count). The van der Waals surface area contributed by atoms with E-state index in [-0.39, 0.29) is 24.0 Å². The summed E-state index contributed by atoms with van der Waals surface area (Å²) in [6.45, 7) is 3.92. The number of benzene rings is 1. The third-order valence-electron chi connectivity index (χ3n) is 3.16. The van der Waals surface area contributed by atoms with Crippen LogP contribution in [-0.4, -0.2) is 34.4 Å². The first-order valence-electron chi connectivity index (χ1n) is 7.21. The minimum absolute atomic E-state index is 0. The molecule has 23 heavy (non-hydrogen) atoms. The predicted molar refractivity (Wildman–Crippen MR) is 101 cm³/mol. The molecule has 2 aromatic rings. The van der Waals surface area contributed by atoms with Crippen molar-refractivity contribution in [3.8, 4) is 5.75 Å². The second kappa shape index (κ2) is 10.0. The van der Waals surface area contributed by atoms with Crippen molar-refractivity contribution < 1.29 is 4.74 Å². The van der Waals surface area contributed by atoms with Crippen LogP contribution in [0.15, 0.2) is 35.6 Å². The monoisotopic (exact) mass is 430 g/mol. The van der Waals surface area contributed by atoms with Crippen molar-refractivity contribution in [1.29, 1.82) is 0 Å². The molecule has 0 aliphatic rings. The molecule has 1 aromatic heterocycles. The molecule has 2 N–H and O–H groups in total. The normalized spacial score (nSPS) is 10.8. The van der Waals surface area contributed by atoms with Gasteiger partial charge in [0.05, 0.1) is 20.2 Å². The summed E-state index contributed by atoms with van der Waals surface area (Å²) in [4.78, 5) is 8.76. The van der Waals surface area contributed by atoms with Crippen LogP contribution < -0.4 is 15.4 Å². The zero-order valence-corrected chi connectivity index (χ0v) is 15.9. The molecule has 0 unspecified atom stereocenters.